The largest absolute Gasteiger partial charge is 0.314 e. The summed E-state index contributed by atoms with van der Waals surface area (Å²) >= 11 is 0. The second-order valence-corrected chi connectivity index (χ2v) is 7.47. The molecule has 6 heteroatoms. The summed E-state index contributed by atoms with van der Waals surface area (Å²) in [6.07, 6.45) is 1.97. The lowest BCUT2D eigenvalue weighted by Gasteiger charge is -2.18. The van der Waals surface area contributed by atoms with Gasteiger partial charge in [-0.25, -0.2) is 4.72 Å². The fourth-order valence-corrected chi connectivity index (χ4v) is 2.83. The molecule has 0 saturated heterocycles. The summed E-state index contributed by atoms with van der Waals surface area (Å²) in [5.41, 5.74) is 0. The molecule has 1 aliphatic carbocycles. The normalized spacial score (nSPS) is 23.9. The molecule has 2 unspecified atom stereocenters. The molecule has 1 saturated carbocycles. The summed E-state index contributed by atoms with van der Waals surface area (Å²) in [5.74, 6) is 1.21. The summed E-state index contributed by atoms with van der Waals surface area (Å²) in [4.78, 5) is 0. The van der Waals surface area contributed by atoms with E-state index in [1.54, 1.807) is 7.05 Å². The first-order valence-electron chi connectivity index (χ1n) is 6.77. The maximum absolute atomic E-state index is 11.9. The van der Waals surface area contributed by atoms with Crippen LogP contribution >= 0.6 is 0 Å². The highest BCUT2D eigenvalue weighted by atomic mass is 32.2. The number of rotatable bonds is 9. The second-order valence-electron chi connectivity index (χ2n) is 5.61. The zero-order chi connectivity index (χ0) is 13.8. The Morgan fingerprint density at radius 2 is 2.00 bits per heavy atom. The van der Waals surface area contributed by atoms with Crippen molar-refractivity contribution >= 4 is 10.2 Å². The first-order chi connectivity index (χ1) is 8.33. The summed E-state index contributed by atoms with van der Waals surface area (Å²) in [6, 6.07) is 0.446. The smallest absolute Gasteiger partial charge is 0.279 e. The van der Waals surface area contributed by atoms with Crippen LogP contribution in [0.25, 0.3) is 0 Å². The van der Waals surface area contributed by atoms with Crippen LogP contribution in [0.3, 0.4) is 0 Å². The SMILES string of the molecule is CC(C)NCCCN(C)S(=O)(=O)NCC1CC1C. The van der Waals surface area contributed by atoms with Gasteiger partial charge in [0.2, 0.25) is 0 Å². The lowest BCUT2D eigenvalue weighted by atomic mass is 10.3. The van der Waals surface area contributed by atoms with Gasteiger partial charge in [0, 0.05) is 26.2 Å². The molecule has 1 rings (SSSR count). The number of nitrogens with one attached hydrogen (secondary N) is 2. The van der Waals surface area contributed by atoms with Crippen LogP contribution in [0, 0.1) is 11.8 Å². The van der Waals surface area contributed by atoms with Gasteiger partial charge in [0.25, 0.3) is 10.2 Å². The predicted octanol–water partition coefficient (Wildman–Crippen LogP) is 0.797. The van der Waals surface area contributed by atoms with Crippen LogP contribution in [0.2, 0.25) is 0 Å². The fourth-order valence-electron chi connectivity index (χ4n) is 1.82. The molecule has 2 atom stereocenters. The first-order valence-corrected chi connectivity index (χ1v) is 8.21. The second kappa shape index (κ2) is 6.84. The maximum Gasteiger partial charge on any atom is 0.279 e. The van der Waals surface area contributed by atoms with Gasteiger partial charge in [-0.3, -0.25) is 0 Å². The van der Waals surface area contributed by atoms with Crippen molar-refractivity contribution in [2.24, 2.45) is 11.8 Å². The Labute approximate surface area is 112 Å². The highest BCUT2D eigenvalue weighted by Gasteiger charge is 2.33. The third-order valence-electron chi connectivity index (χ3n) is 3.42. The van der Waals surface area contributed by atoms with Crippen molar-refractivity contribution in [1.29, 1.82) is 0 Å². The van der Waals surface area contributed by atoms with Gasteiger partial charge >= 0.3 is 0 Å². The minimum atomic E-state index is -3.28. The van der Waals surface area contributed by atoms with E-state index in [1.807, 2.05) is 0 Å². The van der Waals surface area contributed by atoms with Crippen molar-refractivity contribution in [3.63, 3.8) is 0 Å². The summed E-state index contributed by atoms with van der Waals surface area (Å²) < 4.78 is 27.9. The standard InChI is InChI=1S/C12H27N3O2S/c1-10(2)13-6-5-7-15(4)18(16,17)14-9-12-8-11(12)3/h10-14H,5-9H2,1-4H3. The van der Waals surface area contributed by atoms with E-state index in [2.05, 4.69) is 30.8 Å². The Balaban J connectivity index is 2.19. The third kappa shape index (κ3) is 5.65. The van der Waals surface area contributed by atoms with E-state index >= 15 is 0 Å². The number of hydrogen-bond acceptors (Lipinski definition) is 3. The van der Waals surface area contributed by atoms with Crippen molar-refractivity contribution < 1.29 is 8.42 Å². The highest BCUT2D eigenvalue weighted by molar-refractivity contribution is 7.87. The summed E-state index contributed by atoms with van der Waals surface area (Å²) in [5, 5.41) is 3.28. The van der Waals surface area contributed by atoms with Crippen LogP contribution < -0.4 is 10.0 Å². The van der Waals surface area contributed by atoms with Crippen LogP contribution in [-0.2, 0) is 10.2 Å². The highest BCUT2D eigenvalue weighted by Crippen LogP contribution is 2.36. The molecule has 108 valence electrons. The predicted molar refractivity (Wildman–Crippen MR) is 74.6 cm³/mol. The topological polar surface area (TPSA) is 61.4 Å². The van der Waals surface area contributed by atoms with Gasteiger partial charge < -0.3 is 5.32 Å². The van der Waals surface area contributed by atoms with Crippen molar-refractivity contribution in [2.75, 3.05) is 26.7 Å². The van der Waals surface area contributed by atoms with Gasteiger partial charge in [-0.1, -0.05) is 20.8 Å². The van der Waals surface area contributed by atoms with E-state index in [0.29, 0.717) is 31.0 Å². The van der Waals surface area contributed by atoms with Gasteiger partial charge in [-0.15, -0.1) is 0 Å². The van der Waals surface area contributed by atoms with Crippen molar-refractivity contribution in [3.05, 3.63) is 0 Å². The third-order valence-corrected chi connectivity index (χ3v) is 4.95. The zero-order valence-corrected chi connectivity index (χ0v) is 12.8. The van der Waals surface area contributed by atoms with Crippen LogP contribution in [-0.4, -0.2) is 45.4 Å². The molecule has 2 N–H and O–H groups in total. The summed E-state index contributed by atoms with van der Waals surface area (Å²) in [6.45, 7) is 8.29. The summed E-state index contributed by atoms with van der Waals surface area (Å²) in [7, 11) is -1.65. The number of hydrogen-bond donors (Lipinski definition) is 2. The molecule has 0 aromatic heterocycles. The number of nitrogens with zero attached hydrogens (tertiary/aromatic N) is 1. The van der Waals surface area contributed by atoms with E-state index in [-0.39, 0.29) is 0 Å². The Morgan fingerprint density at radius 1 is 1.39 bits per heavy atom. The Morgan fingerprint density at radius 3 is 2.50 bits per heavy atom. The monoisotopic (exact) mass is 277 g/mol. The molecule has 5 nitrogen and oxygen atoms in total. The van der Waals surface area contributed by atoms with Crippen LogP contribution in [0.4, 0.5) is 0 Å². The molecular formula is C12H27N3O2S. The molecule has 0 aromatic rings. The van der Waals surface area contributed by atoms with E-state index in [9.17, 15) is 8.42 Å². The lowest BCUT2D eigenvalue weighted by molar-refractivity contribution is 0.437. The Hall–Kier alpha value is -0.170. The first kappa shape index (κ1) is 15.9. The Kier molecular flexibility index (Phi) is 6.04. The van der Waals surface area contributed by atoms with Crippen LogP contribution in [0.5, 0.6) is 0 Å². The van der Waals surface area contributed by atoms with E-state index in [4.69, 9.17) is 0 Å². The Bertz CT molecular complexity index is 343. The molecule has 18 heavy (non-hydrogen) atoms. The molecule has 0 aliphatic heterocycles. The van der Waals surface area contributed by atoms with Crippen LogP contribution in [0.15, 0.2) is 0 Å². The van der Waals surface area contributed by atoms with Gasteiger partial charge in [0.15, 0.2) is 0 Å². The van der Waals surface area contributed by atoms with Gasteiger partial charge in [0.05, 0.1) is 0 Å². The van der Waals surface area contributed by atoms with Crippen molar-refractivity contribution in [2.45, 2.75) is 39.7 Å². The van der Waals surface area contributed by atoms with Crippen molar-refractivity contribution in [1.82, 2.24) is 14.3 Å². The molecule has 0 amide bonds. The fraction of sp³-hybridized carbons (Fsp3) is 1.00. The van der Waals surface area contributed by atoms with E-state index in [1.165, 1.54) is 4.31 Å². The lowest BCUT2D eigenvalue weighted by Crippen LogP contribution is -2.40. The van der Waals surface area contributed by atoms with E-state index in [0.717, 1.165) is 19.4 Å². The molecule has 0 spiro atoms. The minimum Gasteiger partial charge on any atom is -0.314 e. The van der Waals surface area contributed by atoms with E-state index < -0.39 is 10.2 Å². The minimum absolute atomic E-state index is 0.446. The molecule has 0 aromatic carbocycles. The average Bonchev–Trinajstić information content (AvgIpc) is 2.97. The maximum atomic E-state index is 11.9. The molecule has 0 radical (unpaired) electrons. The molecule has 0 heterocycles. The molecule has 1 aliphatic rings. The van der Waals surface area contributed by atoms with Crippen LogP contribution in [0.1, 0.15) is 33.6 Å². The zero-order valence-electron chi connectivity index (χ0n) is 11.9. The average molecular weight is 277 g/mol. The van der Waals surface area contributed by atoms with Crippen molar-refractivity contribution in [3.8, 4) is 0 Å². The molecule has 1 fully saturated rings. The van der Waals surface area contributed by atoms with Gasteiger partial charge in [-0.05, 0) is 31.2 Å². The molecular weight excluding hydrogens is 250 g/mol. The van der Waals surface area contributed by atoms with Gasteiger partial charge in [-0.2, -0.15) is 12.7 Å². The quantitative estimate of drug-likeness (QED) is 0.613. The van der Waals surface area contributed by atoms with Gasteiger partial charge in [0.1, 0.15) is 0 Å². The molecule has 0 bridgehead atoms.